The number of halogens is 1. The number of rotatable bonds is 16. The topological polar surface area (TPSA) is 195 Å². The van der Waals surface area contributed by atoms with Gasteiger partial charge in [-0.15, -0.1) is 0 Å². The van der Waals surface area contributed by atoms with Crippen LogP contribution in [0.25, 0.3) is 11.0 Å². The van der Waals surface area contributed by atoms with Gasteiger partial charge in [0.1, 0.15) is 28.6 Å². The number of hydrogen-bond donors (Lipinski definition) is 4. The molecule has 75 heavy (non-hydrogen) atoms. The Balaban J connectivity index is 0.830. The summed E-state index contributed by atoms with van der Waals surface area (Å²) in [6.07, 6.45) is 9.92. The second-order valence-electron chi connectivity index (χ2n) is 21.7. The molecule has 4 heterocycles. The molecular formula is C57H67ClN8O8S. The summed E-state index contributed by atoms with van der Waals surface area (Å²) in [5, 5.41) is 26.7. The van der Waals surface area contributed by atoms with Gasteiger partial charge in [0, 0.05) is 87.3 Å². The molecule has 1 atom stereocenters. The van der Waals surface area contributed by atoms with E-state index in [0.29, 0.717) is 53.2 Å². The number of pyridine rings is 1. The van der Waals surface area contributed by atoms with Gasteiger partial charge in [0.15, 0.2) is 0 Å². The Morgan fingerprint density at radius 3 is 2.48 bits per heavy atom. The van der Waals surface area contributed by atoms with Gasteiger partial charge in [0.25, 0.3) is 21.6 Å². The predicted molar refractivity (Wildman–Crippen MR) is 292 cm³/mol. The van der Waals surface area contributed by atoms with Crippen LogP contribution in [0.15, 0.2) is 108 Å². The number of sulfonamides is 1. The molecule has 2 aromatic heterocycles. The third-order valence-corrected chi connectivity index (χ3v) is 17.9. The number of piperidine rings is 1. The summed E-state index contributed by atoms with van der Waals surface area (Å²) in [6, 6.07) is 27.0. The van der Waals surface area contributed by atoms with Gasteiger partial charge in [-0.3, -0.25) is 24.7 Å². The molecule has 2 saturated carbocycles. The number of nitrogens with zero attached hydrogens (tertiary/aromatic N) is 5. The first-order valence-corrected chi connectivity index (χ1v) is 27.8. The first-order valence-electron chi connectivity index (χ1n) is 27.5. The maximum absolute atomic E-state index is 14.2. The van der Waals surface area contributed by atoms with E-state index in [-0.39, 0.29) is 40.1 Å². The maximum atomic E-state index is 14.2. The highest BCUT2D eigenvalue weighted by molar-refractivity contribution is 7.90. The average molecular weight is 1060 g/mol. The second kappa shape index (κ2) is 21.4. The quantitative estimate of drug-likeness (QED) is 0.0529. The van der Waals surface area contributed by atoms with Gasteiger partial charge in [-0.25, -0.2) is 18.1 Å². The number of nitro groups is 1. The first-order chi connectivity index (χ1) is 37.1. The molecule has 2 aliphatic heterocycles. The van der Waals surface area contributed by atoms with Crippen molar-refractivity contribution in [1.82, 2.24) is 24.5 Å². The van der Waals surface area contributed by atoms with E-state index in [0.717, 1.165) is 95.1 Å². The molecule has 2 aliphatic carbocycles. The van der Waals surface area contributed by atoms with Crippen molar-refractivity contribution in [2.24, 2.45) is 11.3 Å². The Hall–Kier alpha value is -6.24. The van der Waals surface area contributed by atoms with Crippen molar-refractivity contribution in [2.45, 2.75) is 107 Å². The number of aliphatic hydroxyl groups is 1. The normalized spacial score (nSPS) is 22.3. The lowest BCUT2D eigenvalue weighted by Crippen LogP contribution is -2.60. The summed E-state index contributed by atoms with van der Waals surface area (Å²) < 4.78 is 63.8. The average Bonchev–Trinajstić information content (AvgIpc) is 3.94. The molecule has 4 N–H and O–H groups in total. The number of carbonyl (C=O) groups excluding carboxylic acids is 1. The highest BCUT2D eigenvalue weighted by atomic mass is 35.5. The minimum Gasteiger partial charge on any atom is -0.497 e. The van der Waals surface area contributed by atoms with Crippen LogP contribution >= 0.6 is 11.6 Å². The standard InChI is InChI=1S/C57H67ClN8O8S/c1-37(2)45-7-5-6-8-46(45)52-36-63(35-39-9-12-42(73-4)13-10-39)25-26-65(52)41-30-57(31-41)21-23-64(24-22-57)40-11-15-47(53(27-40)74-43-28-48-49(58)34-61-54(48)60-33-43)55(67)62-75(71,72)44-14-16-50(51(29-44)66(69)70)59-32-38-17-19-56(3,68)20-18-38/h5-16,27-29,33-34,37-38,41,52,59,68H,17-26,30-32,35-36H2,1-4H3,(H,60,61)(H,62,67)/t38?,52-,56?/m0/s1/i4D3. The molecule has 4 fully saturated rings. The molecule has 0 bridgehead atoms. The molecule has 2 saturated heterocycles. The summed E-state index contributed by atoms with van der Waals surface area (Å²) in [6.45, 7) is 11.7. The number of carbonyl (C=O) groups is 1. The number of hydrogen-bond acceptors (Lipinski definition) is 13. The van der Waals surface area contributed by atoms with Crippen LogP contribution < -0.4 is 24.4 Å². The predicted octanol–water partition coefficient (Wildman–Crippen LogP) is 10.8. The van der Waals surface area contributed by atoms with Crippen molar-refractivity contribution in [3.05, 3.63) is 141 Å². The Morgan fingerprint density at radius 1 is 0.987 bits per heavy atom. The third-order valence-electron chi connectivity index (χ3n) is 16.3. The van der Waals surface area contributed by atoms with Crippen LogP contribution in [0.1, 0.15) is 115 Å². The smallest absolute Gasteiger partial charge is 0.293 e. The number of aromatic amines is 1. The van der Waals surface area contributed by atoms with Gasteiger partial charge in [0.05, 0.1) is 43.4 Å². The molecule has 10 rings (SSSR count). The monoisotopic (exact) mass is 1060 g/mol. The Bertz CT molecular complexity index is 3280. The summed E-state index contributed by atoms with van der Waals surface area (Å²) in [4.78, 5) is 40.2. The molecule has 16 nitrogen and oxygen atoms in total. The summed E-state index contributed by atoms with van der Waals surface area (Å²) in [5.74, 6) is 0.218. The van der Waals surface area contributed by atoms with Gasteiger partial charge in [-0.1, -0.05) is 61.8 Å². The number of H-pyrrole nitrogens is 1. The fourth-order valence-electron chi connectivity index (χ4n) is 11.9. The molecule has 4 aliphatic rings. The third kappa shape index (κ3) is 11.5. The Morgan fingerprint density at radius 2 is 1.75 bits per heavy atom. The van der Waals surface area contributed by atoms with E-state index in [1.54, 1.807) is 43.5 Å². The lowest BCUT2D eigenvalue weighted by molar-refractivity contribution is -0.384. The van der Waals surface area contributed by atoms with Gasteiger partial charge >= 0.3 is 0 Å². The van der Waals surface area contributed by atoms with Gasteiger partial charge in [-0.2, -0.15) is 0 Å². The number of piperazine rings is 1. The van der Waals surface area contributed by atoms with Crippen LogP contribution in [0.5, 0.6) is 17.2 Å². The molecular weight excluding hydrogens is 992 g/mol. The lowest BCUT2D eigenvalue weighted by atomic mass is 9.59. The highest BCUT2D eigenvalue weighted by Gasteiger charge is 2.50. The minimum absolute atomic E-state index is 0.0793. The molecule has 1 amide bonds. The summed E-state index contributed by atoms with van der Waals surface area (Å²) in [5.41, 5.74) is 4.21. The van der Waals surface area contributed by atoms with Crippen LogP contribution in [0.2, 0.25) is 5.02 Å². The van der Waals surface area contributed by atoms with Gasteiger partial charge in [0.2, 0.25) is 0 Å². The minimum atomic E-state index is -4.63. The van der Waals surface area contributed by atoms with E-state index >= 15 is 0 Å². The fraction of sp³-hybridized carbons (Fsp3) is 0.439. The maximum Gasteiger partial charge on any atom is 0.293 e. The molecule has 18 heteroatoms. The van der Waals surface area contributed by atoms with Crippen molar-refractivity contribution in [2.75, 3.05) is 56.5 Å². The van der Waals surface area contributed by atoms with Crippen LogP contribution in [0, 0.1) is 21.4 Å². The van der Waals surface area contributed by atoms with Crippen molar-refractivity contribution in [3.63, 3.8) is 0 Å². The second-order valence-corrected chi connectivity index (χ2v) is 23.8. The van der Waals surface area contributed by atoms with E-state index in [2.05, 4.69) is 72.8 Å². The summed E-state index contributed by atoms with van der Waals surface area (Å²) >= 11 is 6.45. The SMILES string of the molecule is [2H]C([2H])([2H])Oc1ccc(CN2CCN(C3CC4(CCN(c5ccc(C(=O)NS(=O)(=O)c6ccc(NCC7CCC(C)(O)CC7)c([N+](=O)[O-])c6)c(Oc6cnc7[nH]cc(Cl)c7c6)c5)CC4)C3)[C@H](c3ccccc3C(C)C)C2)cc1. The number of benzene rings is 4. The largest absolute Gasteiger partial charge is 0.497 e. The zero-order valence-corrected chi connectivity index (χ0v) is 44.1. The van der Waals surface area contributed by atoms with Crippen molar-refractivity contribution in [1.29, 1.82) is 0 Å². The number of amides is 1. The van der Waals surface area contributed by atoms with Crippen LogP contribution in [-0.2, 0) is 16.6 Å². The Labute approximate surface area is 448 Å². The number of ether oxygens (including phenoxy) is 2. The number of methoxy groups -OCH3 is 1. The van der Waals surface area contributed by atoms with Gasteiger partial charge < -0.3 is 29.8 Å². The van der Waals surface area contributed by atoms with E-state index in [4.69, 9.17) is 25.2 Å². The Kier molecular flexibility index (Phi) is 13.8. The zero-order chi connectivity index (χ0) is 55.1. The fourth-order valence-corrected chi connectivity index (χ4v) is 13.1. The van der Waals surface area contributed by atoms with E-state index in [1.165, 1.54) is 35.5 Å². The van der Waals surface area contributed by atoms with Crippen molar-refractivity contribution >= 4 is 55.6 Å². The van der Waals surface area contributed by atoms with Crippen molar-refractivity contribution in [3.8, 4) is 17.2 Å². The zero-order valence-electron chi connectivity index (χ0n) is 45.6. The number of nitrogens with one attached hydrogen (secondary N) is 3. The number of fused-ring (bicyclic) bond motifs is 1. The molecule has 0 radical (unpaired) electrons. The first kappa shape index (κ1) is 48.4. The molecule has 1 spiro atoms. The van der Waals surface area contributed by atoms with Crippen LogP contribution in [0.3, 0.4) is 0 Å². The number of aromatic nitrogens is 2. The van der Waals surface area contributed by atoms with Crippen molar-refractivity contribution < 1.29 is 36.8 Å². The molecule has 4 aromatic carbocycles. The lowest BCUT2D eigenvalue weighted by Gasteiger charge is -2.58. The van der Waals surface area contributed by atoms with Gasteiger partial charge in [-0.05, 0) is 135 Å². The molecule has 0 unspecified atom stereocenters. The van der Waals surface area contributed by atoms with E-state index in [9.17, 15) is 28.4 Å². The molecule has 6 aromatic rings. The number of anilines is 2. The van der Waals surface area contributed by atoms with E-state index < -0.39 is 44.1 Å². The summed E-state index contributed by atoms with van der Waals surface area (Å²) in [7, 11) is -7.13. The molecule has 396 valence electrons. The number of nitro benzene ring substituents is 1. The van der Waals surface area contributed by atoms with Crippen LogP contribution in [-0.4, -0.2) is 102 Å². The highest BCUT2D eigenvalue weighted by Crippen LogP contribution is 2.53. The van der Waals surface area contributed by atoms with Crippen LogP contribution in [0.4, 0.5) is 17.1 Å². The van der Waals surface area contributed by atoms with E-state index in [1.807, 2.05) is 12.1 Å².